The van der Waals surface area contributed by atoms with E-state index < -0.39 is 6.04 Å². The Kier molecular flexibility index (Phi) is 7.44. The molecule has 1 atom stereocenters. The first kappa shape index (κ1) is 22.2. The van der Waals surface area contributed by atoms with Crippen molar-refractivity contribution >= 4 is 23.4 Å². The van der Waals surface area contributed by atoms with E-state index in [2.05, 4.69) is 27.4 Å². The predicted molar refractivity (Wildman–Crippen MR) is 116 cm³/mol. The van der Waals surface area contributed by atoms with Crippen molar-refractivity contribution in [2.24, 2.45) is 0 Å². The van der Waals surface area contributed by atoms with Gasteiger partial charge < -0.3 is 20.4 Å². The molecule has 2 fully saturated rings. The Hall–Kier alpha value is -2.45. The van der Waals surface area contributed by atoms with Gasteiger partial charge >= 0.3 is 0 Å². The van der Waals surface area contributed by atoms with E-state index in [9.17, 15) is 14.4 Å². The second kappa shape index (κ2) is 10.0. The van der Waals surface area contributed by atoms with Crippen LogP contribution in [0.15, 0.2) is 18.2 Å². The van der Waals surface area contributed by atoms with Gasteiger partial charge in [-0.15, -0.1) is 0 Å². The molecule has 8 nitrogen and oxygen atoms in total. The van der Waals surface area contributed by atoms with Crippen molar-refractivity contribution in [3.63, 3.8) is 0 Å². The van der Waals surface area contributed by atoms with Gasteiger partial charge in [0.1, 0.15) is 6.04 Å². The Bertz CT molecular complexity index is 789. The van der Waals surface area contributed by atoms with Gasteiger partial charge in [0.2, 0.25) is 17.7 Å². The van der Waals surface area contributed by atoms with Crippen molar-refractivity contribution in [3.8, 4) is 0 Å². The van der Waals surface area contributed by atoms with Gasteiger partial charge in [-0.25, -0.2) is 0 Å². The molecule has 0 bridgehead atoms. The molecule has 3 amide bonds. The summed E-state index contributed by atoms with van der Waals surface area (Å²) in [6, 6.07) is 4.94. The Morgan fingerprint density at radius 1 is 1.07 bits per heavy atom. The van der Waals surface area contributed by atoms with Gasteiger partial charge in [-0.3, -0.25) is 19.3 Å². The fourth-order valence-corrected chi connectivity index (χ4v) is 3.97. The third kappa shape index (κ3) is 5.58. The summed E-state index contributed by atoms with van der Waals surface area (Å²) in [5.74, 6) is -0.617. The molecular weight excluding hydrogens is 382 g/mol. The van der Waals surface area contributed by atoms with Crippen LogP contribution < -0.4 is 10.6 Å². The minimum Gasteiger partial charge on any atom is -0.353 e. The zero-order valence-electron chi connectivity index (χ0n) is 18.2. The highest BCUT2D eigenvalue weighted by atomic mass is 16.2. The van der Waals surface area contributed by atoms with Gasteiger partial charge in [0, 0.05) is 45.0 Å². The van der Waals surface area contributed by atoms with E-state index in [0.29, 0.717) is 25.3 Å². The minimum absolute atomic E-state index is 0.0475. The fraction of sp³-hybridized carbons (Fsp3) is 0.591. The maximum absolute atomic E-state index is 13.0. The van der Waals surface area contributed by atoms with Crippen molar-refractivity contribution in [1.82, 2.24) is 20.0 Å². The molecule has 0 spiro atoms. The third-order valence-corrected chi connectivity index (χ3v) is 6.09. The summed E-state index contributed by atoms with van der Waals surface area (Å²) in [5.41, 5.74) is 2.94. The molecule has 2 saturated heterocycles. The first-order valence-electron chi connectivity index (χ1n) is 10.8. The highest BCUT2D eigenvalue weighted by Crippen LogP contribution is 2.16. The van der Waals surface area contributed by atoms with E-state index in [4.69, 9.17) is 0 Å². The van der Waals surface area contributed by atoms with E-state index in [-0.39, 0.29) is 24.1 Å². The van der Waals surface area contributed by atoms with Crippen molar-refractivity contribution in [3.05, 3.63) is 29.3 Å². The second-order valence-corrected chi connectivity index (χ2v) is 8.16. The van der Waals surface area contributed by atoms with Crippen LogP contribution in [0.3, 0.4) is 0 Å². The average Bonchev–Trinajstić information content (AvgIpc) is 2.72. The molecule has 8 heteroatoms. The number of amides is 3. The van der Waals surface area contributed by atoms with Gasteiger partial charge in [0.25, 0.3) is 0 Å². The molecule has 0 aromatic heterocycles. The van der Waals surface area contributed by atoms with Gasteiger partial charge in [-0.05, 0) is 43.7 Å². The van der Waals surface area contributed by atoms with Crippen molar-refractivity contribution in [1.29, 1.82) is 0 Å². The number of likely N-dealkylation sites (N-methyl/N-ethyl adjacent to an activating group) is 1. The lowest BCUT2D eigenvalue weighted by Gasteiger charge is -2.38. The third-order valence-electron chi connectivity index (χ3n) is 6.09. The van der Waals surface area contributed by atoms with Crippen molar-refractivity contribution in [2.45, 2.75) is 33.2 Å². The highest BCUT2D eigenvalue weighted by molar-refractivity contribution is 5.97. The van der Waals surface area contributed by atoms with E-state index in [0.717, 1.165) is 43.9 Å². The number of hydrogen-bond acceptors (Lipinski definition) is 5. The molecule has 0 unspecified atom stereocenters. The highest BCUT2D eigenvalue weighted by Gasteiger charge is 2.35. The standard InChI is InChI=1S/C22H33N5O3/c1-4-25-9-11-26(12-10-25)15-21(29)27-8-7-23-22(30)19(27)14-20(28)24-18-6-5-16(2)17(3)13-18/h5-6,13,19H,4,7-12,14-15H2,1-3H3,(H,23,30)(H,24,28)/t19-/m1/s1. The number of carbonyl (C=O) groups excluding carboxylic acids is 3. The molecule has 3 rings (SSSR count). The summed E-state index contributed by atoms with van der Waals surface area (Å²) in [4.78, 5) is 44.1. The topological polar surface area (TPSA) is 85.0 Å². The van der Waals surface area contributed by atoms with Crippen molar-refractivity contribution < 1.29 is 14.4 Å². The van der Waals surface area contributed by atoms with Gasteiger partial charge in [-0.1, -0.05) is 13.0 Å². The monoisotopic (exact) mass is 415 g/mol. The molecule has 2 heterocycles. The lowest BCUT2D eigenvalue weighted by Crippen LogP contribution is -2.60. The quantitative estimate of drug-likeness (QED) is 0.711. The maximum atomic E-state index is 13.0. The molecule has 2 aliphatic heterocycles. The molecule has 0 aliphatic carbocycles. The molecular formula is C22H33N5O3. The van der Waals surface area contributed by atoms with Gasteiger partial charge in [0.05, 0.1) is 13.0 Å². The summed E-state index contributed by atoms with van der Waals surface area (Å²) >= 11 is 0. The van der Waals surface area contributed by atoms with Crippen molar-refractivity contribution in [2.75, 3.05) is 57.7 Å². The molecule has 0 radical (unpaired) electrons. The number of nitrogens with zero attached hydrogens (tertiary/aromatic N) is 3. The molecule has 0 saturated carbocycles. The van der Waals surface area contributed by atoms with Crippen LogP contribution in [-0.4, -0.2) is 90.8 Å². The summed E-state index contributed by atoms with van der Waals surface area (Å²) in [5, 5.41) is 5.64. The summed E-state index contributed by atoms with van der Waals surface area (Å²) in [7, 11) is 0. The maximum Gasteiger partial charge on any atom is 0.243 e. The SMILES string of the molecule is CCN1CCN(CC(=O)N2CCNC(=O)[C@H]2CC(=O)Nc2ccc(C)c(C)c2)CC1. The number of aryl methyl sites for hydroxylation is 2. The Morgan fingerprint density at radius 3 is 2.43 bits per heavy atom. The lowest BCUT2D eigenvalue weighted by molar-refractivity contribution is -0.145. The van der Waals surface area contributed by atoms with E-state index in [1.807, 2.05) is 32.0 Å². The number of piperazine rings is 2. The number of rotatable bonds is 6. The number of hydrogen-bond donors (Lipinski definition) is 2. The number of anilines is 1. The number of carbonyl (C=O) groups is 3. The molecule has 2 aliphatic rings. The van der Waals surface area contributed by atoms with E-state index >= 15 is 0 Å². The van der Waals surface area contributed by atoms with E-state index in [1.54, 1.807) is 4.90 Å². The Morgan fingerprint density at radius 2 is 1.77 bits per heavy atom. The van der Waals surface area contributed by atoms with Crippen LogP contribution in [0.2, 0.25) is 0 Å². The van der Waals surface area contributed by atoms with Gasteiger partial charge in [-0.2, -0.15) is 0 Å². The van der Waals surface area contributed by atoms with Gasteiger partial charge in [0.15, 0.2) is 0 Å². The Balaban J connectivity index is 1.59. The van der Waals surface area contributed by atoms with E-state index in [1.165, 1.54) is 0 Å². The molecule has 2 N–H and O–H groups in total. The molecule has 1 aromatic carbocycles. The second-order valence-electron chi connectivity index (χ2n) is 8.16. The zero-order valence-corrected chi connectivity index (χ0v) is 18.2. The van der Waals surface area contributed by atoms with Crippen LogP contribution in [0.4, 0.5) is 5.69 Å². The molecule has 1 aromatic rings. The first-order chi connectivity index (χ1) is 14.4. The Labute approximate surface area is 178 Å². The van der Waals surface area contributed by atoms with Crippen LogP contribution >= 0.6 is 0 Å². The molecule has 30 heavy (non-hydrogen) atoms. The first-order valence-corrected chi connectivity index (χ1v) is 10.8. The average molecular weight is 416 g/mol. The minimum atomic E-state index is -0.769. The van der Waals surface area contributed by atoms with Crippen LogP contribution in [0.1, 0.15) is 24.5 Å². The summed E-state index contributed by atoms with van der Waals surface area (Å²) in [6.07, 6.45) is -0.0475. The molecule has 164 valence electrons. The predicted octanol–water partition coefficient (Wildman–Crippen LogP) is 0.597. The smallest absolute Gasteiger partial charge is 0.243 e. The lowest BCUT2D eigenvalue weighted by atomic mass is 10.1. The number of benzene rings is 1. The largest absolute Gasteiger partial charge is 0.353 e. The number of nitrogens with one attached hydrogen (secondary N) is 2. The zero-order chi connectivity index (χ0) is 21.7. The summed E-state index contributed by atoms with van der Waals surface area (Å²) in [6.45, 7) is 11.9. The van der Waals surface area contributed by atoms with Crippen LogP contribution in [0.5, 0.6) is 0 Å². The summed E-state index contributed by atoms with van der Waals surface area (Å²) < 4.78 is 0. The van der Waals surface area contributed by atoms with Crippen LogP contribution in [0, 0.1) is 13.8 Å². The normalized spacial score (nSPS) is 20.7. The van der Waals surface area contributed by atoms with Crippen LogP contribution in [-0.2, 0) is 14.4 Å². The fourth-order valence-electron chi connectivity index (χ4n) is 3.97. The van der Waals surface area contributed by atoms with Crippen LogP contribution in [0.25, 0.3) is 0 Å².